The van der Waals surface area contributed by atoms with Gasteiger partial charge in [-0.3, -0.25) is 4.98 Å². The number of hydrogen-bond donors (Lipinski definition) is 1. The van der Waals surface area contributed by atoms with E-state index in [4.69, 9.17) is 28.3 Å². The molecule has 3 aromatic carbocycles. The summed E-state index contributed by atoms with van der Waals surface area (Å²) in [6, 6.07) is 25.2. The van der Waals surface area contributed by atoms with Crippen LogP contribution in [0.15, 0.2) is 88.8 Å². The Bertz CT molecular complexity index is 1310. The summed E-state index contributed by atoms with van der Waals surface area (Å²) in [6.07, 6.45) is 0. The van der Waals surface area contributed by atoms with Gasteiger partial charge in [-0.15, -0.1) is 5.10 Å². The molecule has 5 rings (SSSR count). The van der Waals surface area contributed by atoms with Crippen molar-refractivity contribution in [2.75, 3.05) is 11.6 Å². The van der Waals surface area contributed by atoms with Crippen molar-refractivity contribution in [2.45, 2.75) is 12.5 Å². The van der Waals surface area contributed by atoms with Crippen LogP contribution in [0.3, 0.4) is 0 Å². The maximum atomic E-state index is 12.5. The van der Waals surface area contributed by atoms with E-state index in [1.165, 1.54) is 4.68 Å². The molecule has 0 saturated carbocycles. The second-order valence-corrected chi connectivity index (χ2v) is 8.45. The van der Waals surface area contributed by atoms with Crippen molar-refractivity contribution >= 4 is 34.9 Å². The number of nitrogens with zero attached hydrogens (tertiary/aromatic N) is 4. The number of halogens is 2. The molecule has 0 aliphatic carbocycles. The Kier molecular flexibility index (Phi) is 5.55. The van der Waals surface area contributed by atoms with E-state index in [1.807, 2.05) is 54.6 Å². The Morgan fingerprint density at radius 2 is 1.56 bits per heavy atom. The lowest BCUT2D eigenvalue weighted by Crippen LogP contribution is -2.19. The first-order valence-corrected chi connectivity index (χ1v) is 10.9. The lowest BCUT2D eigenvalue weighted by molar-refractivity contribution is 0.654. The van der Waals surface area contributed by atoms with E-state index in [-0.39, 0.29) is 11.6 Å². The fraction of sp³-hybridized carbons (Fsp3) is 0.125. The molecule has 160 valence electrons. The summed E-state index contributed by atoms with van der Waals surface area (Å²) >= 11 is 12.0. The van der Waals surface area contributed by atoms with Gasteiger partial charge in [-0.05, 0) is 41.0 Å². The third kappa shape index (κ3) is 4.20. The van der Waals surface area contributed by atoms with Gasteiger partial charge in [-0.1, -0.05) is 77.8 Å². The molecule has 0 fully saturated rings. The van der Waals surface area contributed by atoms with Gasteiger partial charge < -0.3 is 0 Å². The zero-order valence-corrected chi connectivity index (χ0v) is 18.5. The van der Waals surface area contributed by atoms with Gasteiger partial charge in [0.15, 0.2) is 0 Å². The van der Waals surface area contributed by atoms with E-state index in [0.29, 0.717) is 29.1 Å². The molecule has 4 aromatic rings. The molecule has 0 bridgehead atoms. The van der Waals surface area contributed by atoms with Crippen molar-refractivity contribution < 1.29 is 0 Å². The van der Waals surface area contributed by atoms with Gasteiger partial charge >= 0.3 is 5.69 Å². The average molecular weight is 464 g/mol. The van der Waals surface area contributed by atoms with Crippen molar-refractivity contribution in [2.24, 2.45) is 5.10 Å². The van der Waals surface area contributed by atoms with E-state index >= 15 is 0 Å². The summed E-state index contributed by atoms with van der Waals surface area (Å²) in [4.78, 5) is 15.4. The smallest absolute Gasteiger partial charge is 0.274 e. The molecule has 1 N–H and O–H groups in total. The van der Waals surface area contributed by atoms with Crippen LogP contribution in [0.5, 0.6) is 0 Å². The van der Waals surface area contributed by atoms with E-state index in [9.17, 15) is 4.79 Å². The Morgan fingerprint density at radius 1 is 0.906 bits per heavy atom. The molecule has 0 spiro atoms. The van der Waals surface area contributed by atoms with Crippen molar-refractivity contribution in [3.05, 3.63) is 116 Å². The zero-order valence-electron chi connectivity index (χ0n) is 17.0. The topological polar surface area (TPSA) is 66.3 Å². The van der Waals surface area contributed by atoms with Gasteiger partial charge in [0.2, 0.25) is 5.95 Å². The predicted molar refractivity (Wildman–Crippen MR) is 128 cm³/mol. The first kappa shape index (κ1) is 20.5. The number of hydrazone groups is 1. The third-order valence-electron chi connectivity index (χ3n) is 5.41. The summed E-state index contributed by atoms with van der Waals surface area (Å²) in [5.74, 6) is 0.441. The maximum Gasteiger partial charge on any atom is 0.345 e. The quantitative estimate of drug-likeness (QED) is 0.455. The molecular weight excluding hydrogens is 445 g/mol. The number of H-pyrrole nitrogens is 1. The van der Waals surface area contributed by atoms with Gasteiger partial charge in [0, 0.05) is 16.0 Å². The highest BCUT2D eigenvalue weighted by Crippen LogP contribution is 2.30. The average Bonchev–Trinajstić information content (AvgIpc) is 3.41. The van der Waals surface area contributed by atoms with Gasteiger partial charge in [0.25, 0.3) is 0 Å². The molecule has 0 radical (unpaired) electrons. The fourth-order valence-electron chi connectivity index (χ4n) is 3.79. The van der Waals surface area contributed by atoms with Crippen molar-refractivity contribution in [3.8, 4) is 0 Å². The third-order valence-corrected chi connectivity index (χ3v) is 5.92. The number of anilines is 1. The highest BCUT2D eigenvalue weighted by atomic mass is 35.5. The Morgan fingerprint density at radius 3 is 2.25 bits per heavy atom. The largest absolute Gasteiger partial charge is 0.345 e. The molecular formula is C24H19Cl2N5O. The number of nitrogens with one attached hydrogen (secondary N) is 1. The summed E-state index contributed by atoms with van der Waals surface area (Å²) in [7, 11) is 0. The van der Waals surface area contributed by atoms with Crippen LogP contribution in [0.4, 0.5) is 5.95 Å². The number of aromatic nitrogens is 3. The molecule has 1 aliphatic heterocycles. The number of hydrogen-bond acceptors (Lipinski definition) is 4. The Labute approximate surface area is 194 Å². The van der Waals surface area contributed by atoms with Gasteiger partial charge in [-0.25, -0.2) is 14.5 Å². The van der Waals surface area contributed by atoms with Gasteiger partial charge in [0.1, 0.15) is 0 Å². The lowest BCUT2D eigenvalue weighted by atomic mass is 9.91. The summed E-state index contributed by atoms with van der Waals surface area (Å²) in [6.45, 7) is 0.909. The monoisotopic (exact) mass is 463 g/mol. The Hall–Kier alpha value is -3.35. The van der Waals surface area contributed by atoms with Crippen LogP contribution in [0.2, 0.25) is 10.0 Å². The summed E-state index contributed by atoms with van der Waals surface area (Å²) in [5.41, 5.74) is 3.67. The molecule has 0 amide bonds. The normalized spacial score (nSPS) is 15.8. The number of aromatic amines is 1. The molecule has 32 heavy (non-hydrogen) atoms. The highest BCUT2D eigenvalue weighted by Gasteiger charge is 2.31. The van der Waals surface area contributed by atoms with E-state index in [2.05, 4.69) is 22.2 Å². The molecule has 8 heteroatoms. The van der Waals surface area contributed by atoms with Crippen LogP contribution in [-0.2, 0) is 6.54 Å². The number of rotatable bonds is 5. The van der Waals surface area contributed by atoms with Crippen LogP contribution in [0.25, 0.3) is 0 Å². The summed E-state index contributed by atoms with van der Waals surface area (Å²) < 4.78 is 1.39. The van der Waals surface area contributed by atoms with E-state index < -0.39 is 0 Å². The van der Waals surface area contributed by atoms with Crippen LogP contribution in [-0.4, -0.2) is 27.0 Å². The number of benzene rings is 3. The summed E-state index contributed by atoms with van der Waals surface area (Å²) in [5, 5.41) is 12.4. The minimum Gasteiger partial charge on any atom is -0.274 e. The SMILES string of the molecule is O=c1[nH]c(N2C[C@H](c3ccccc3)C(c3ccc(Cl)cc3)=N2)nn1Cc1ccc(Cl)cc1. The first-order valence-electron chi connectivity index (χ1n) is 10.2. The molecule has 6 nitrogen and oxygen atoms in total. The standard InChI is InChI=1S/C24H19Cl2N5O/c25-19-10-6-16(7-11-19)14-31-24(32)27-23(29-31)30-15-21(17-4-2-1-3-5-17)22(28-30)18-8-12-20(26)13-9-18/h1-13,21H,14-15H2,(H,27,29,32)/t21-/m1/s1. The Balaban J connectivity index is 1.47. The van der Waals surface area contributed by atoms with Crippen LogP contribution in [0.1, 0.15) is 22.6 Å². The van der Waals surface area contributed by atoms with Crippen LogP contribution in [0, 0.1) is 0 Å². The second-order valence-electron chi connectivity index (χ2n) is 7.58. The zero-order chi connectivity index (χ0) is 22.1. The fourth-order valence-corrected chi connectivity index (χ4v) is 4.04. The molecule has 1 atom stereocenters. The highest BCUT2D eigenvalue weighted by molar-refractivity contribution is 6.31. The van der Waals surface area contributed by atoms with Crippen LogP contribution < -0.4 is 10.7 Å². The maximum absolute atomic E-state index is 12.5. The minimum absolute atomic E-state index is 0.0299. The van der Waals surface area contributed by atoms with E-state index in [0.717, 1.165) is 22.4 Å². The lowest BCUT2D eigenvalue weighted by Gasteiger charge is -2.14. The van der Waals surface area contributed by atoms with Crippen molar-refractivity contribution in [3.63, 3.8) is 0 Å². The van der Waals surface area contributed by atoms with Gasteiger partial charge in [0.05, 0.1) is 18.8 Å². The van der Waals surface area contributed by atoms with Crippen molar-refractivity contribution in [1.82, 2.24) is 14.8 Å². The second kappa shape index (κ2) is 8.65. The molecule has 0 unspecified atom stereocenters. The van der Waals surface area contributed by atoms with E-state index in [1.54, 1.807) is 17.1 Å². The van der Waals surface area contributed by atoms with Crippen LogP contribution >= 0.6 is 23.2 Å². The van der Waals surface area contributed by atoms with Gasteiger partial charge in [-0.2, -0.15) is 5.10 Å². The predicted octanol–water partition coefficient (Wildman–Crippen LogP) is 4.93. The first-order chi connectivity index (χ1) is 15.6. The molecule has 1 aliphatic rings. The molecule has 0 saturated heterocycles. The molecule has 1 aromatic heterocycles. The molecule has 2 heterocycles. The van der Waals surface area contributed by atoms with Crippen molar-refractivity contribution in [1.29, 1.82) is 0 Å². The minimum atomic E-state index is -0.290.